The van der Waals surface area contributed by atoms with Crippen molar-refractivity contribution in [3.8, 4) is 17.2 Å². The molecule has 0 amide bonds. The topological polar surface area (TPSA) is 44.5 Å². The van der Waals surface area contributed by atoms with Crippen molar-refractivity contribution in [2.24, 2.45) is 5.73 Å². The normalized spacial score (nSPS) is 10.1. The average Bonchev–Trinajstić information content (AvgIpc) is 2.47. The third kappa shape index (κ3) is 3.08. The maximum Gasteiger partial charge on any atom is 0.141 e. The molecule has 2 rings (SSSR count). The maximum atomic E-state index is 5.99. The van der Waals surface area contributed by atoms with E-state index < -0.39 is 0 Å². The van der Waals surface area contributed by atoms with Crippen LogP contribution in [0, 0.1) is 0 Å². The first-order chi connectivity index (χ1) is 9.65. The van der Waals surface area contributed by atoms with E-state index in [4.69, 9.17) is 27.4 Å². The first kappa shape index (κ1) is 14.3. The molecule has 2 aromatic rings. The third-order valence-corrected chi connectivity index (χ3v) is 3.25. The van der Waals surface area contributed by atoms with E-state index in [1.807, 2.05) is 36.4 Å². The van der Waals surface area contributed by atoms with Gasteiger partial charge in [0.15, 0.2) is 0 Å². The number of para-hydroxylation sites is 1. The summed E-state index contributed by atoms with van der Waals surface area (Å²) in [6.45, 7) is 2.09. The van der Waals surface area contributed by atoms with E-state index >= 15 is 0 Å². The fourth-order valence-electron chi connectivity index (χ4n) is 1.93. The molecule has 0 saturated carbocycles. The lowest BCUT2D eigenvalue weighted by molar-refractivity contribution is 0.408. The fraction of sp³-hybridized carbons (Fsp3) is 0.188. The molecule has 104 valence electrons. The van der Waals surface area contributed by atoms with Crippen LogP contribution < -0.4 is 15.2 Å². The van der Waals surface area contributed by atoms with Crippen LogP contribution in [-0.2, 0) is 6.42 Å². The summed E-state index contributed by atoms with van der Waals surface area (Å²) in [5, 5.41) is 0. The van der Waals surface area contributed by atoms with E-state index in [-0.39, 0.29) is 0 Å². The van der Waals surface area contributed by atoms with E-state index in [0.29, 0.717) is 22.1 Å². The van der Waals surface area contributed by atoms with Crippen molar-refractivity contribution >= 4 is 17.2 Å². The molecule has 3 nitrogen and oxygen atoms in total. The Morgan fingerprint density at radius 1 is 1.15 bits per heavy atom. The number of aryl methyl sites for hydroxylation is 1. The van der Waals surface area contributed by atoms with Crippen LogP contribution in [-0.4, -0.2) is 12.1 Å². The van der Waals surface area contributed by atoms with Gasteiger partial charge in [-0.3, -0.25) is 0 Å². The van der Waals surface area contributed by atoms with Crippen LogP contribution >= 0.6 is 12.2 Å². The molecule has 0 atom stereocenters. The Morgan fingerprint density at radius 2 is 1.90 bits per heavy atom. The average molecular weight is 287 g/mol. The van der Waals surface area contributed by atoms with Gasteiger partial charge in [0.1, 0.15) is 22.2 Å². The monoisotopic (exact) mass is 287 g/mol. The largest absolute Gasteiger partial charge is 0.497 e. The zero-order valence-corrected chi connectivity index (χ0v) is 12.4. The second kappa shape index (κ2) is 6.39. The van der Waals surface area contributed by atoms with Crippen molar-refractivity contribution in [2.75, 3.05) is 7.11 Å². The van der Waals surface area contributed by atoms with E-state index in [0.717, 1.165) is 17.7 Å². The Labute approximate surface area is 124 Å². The van der Waals surface area contributed by atoms with Gasteiger partial charge in [-0.25, -0.2) is 0 Å². The highest BCUT2D eigenvalue weighted by atomic mass is 32.1. The second-order valence-corrected chi connectivity index (χ2v) is 4.73. The molecule has 0 fully saturated rings. The molecular weight excluding hydrogens is 270 g/mol. The smallest absolute Gasteiger partial charge is 0.141 e. The molecule has 0 heterocycles. The number of rotatable bonds is 5. The summed E-state index contributed by atoms with van der Waals surface area (Å²) in [7, 11) is 1.61. The van der Waals surface area contributed by atoms with Crippen molar-refractivity contribution in [1.29, 1.82) is 0 Å². The van der Waals surface area contributed by atoms with E-state index in [9.17, 15) is 0 Å². The van der Waals surface area contributed by atoms with Crippen LogP contribution in [0.3, 0.4) is 0 Å². The molecule has 2 N–H and O–H groups in total. The molecule has 0 spiro atoms. The van der Waals surface area contributed by atoms with E-state index in [1.165, 1.54) is 0 Å². The van der Waals surface area contributed by atoms with Gasteiger partial charge in [0.05, 0.1) is 12.7 Å². The van der Waals surface area contributed by atoms with Crippen LogP contribution in [0.1, 0.15) is 18.1 Å². The molecule has 2 aromatic carbocycles. The summed E-state index contributed by atoms with van der Waals surface area (Å²) in [5.74, 6) is 2.12. The van der Waals surface area contributed by atoms with Crippen molar-refractivity contribution in [2.45, 2.75) is 13.3 Å². The standard InChI is InChI=1S/C16H17NO2S/c1-3-11-6-4-5-7-14(11)19-15-10-12(18-2)8-9-13(15)16(17)20/h4-10H,3H2,1-2H3,(H2,17,20). The van der Waals surface area contributed by atoms with Crippen molar-refractivity contribution < 1.29 is 9.47 Å². The van der Waals surface area contributed by atoms with Gasteiger partial charge in [-0.05, 0) is 30.2 Å². The van der Waals surface area contributed by atoms with E-state index in [1.54, 1.807) is 13.2 Å². The number of benzene rings is 2. The molecule has 0 aliphatic heterocycles. The van der Waals surface area contributed by atoms with Crippen LogP contribution in [0.2, 0.25) is 0 Å². The van der Waals surface area contributed by atoms with Crippen LogP contribution in [0.5, 0.6) is 17.2 Å². The zero-order valence-electron chi connectivity index (χ0n) is 11.6. The Kier molecular flexibility index (Phi) is 4.58. The third-order valence-electron chi connectivity index (χ3n) is 3.03. The second-order valence-electron chi connectivity index (χ2n) is 4.29. The summed E-state index contributed by atoms with van der Waals surface area (Å²) in [6, 6.07) is 13.3. The number of ether oxygens (including phenoxy) is 2. The maximum absolute atomic E-state index is 5.99. The van der Waals surface area contributed by atoms with Gasteiger partial charge in [-0.2, -0.15) is 0 Å². The molecule has 4 heteroatoms. The van der Waals surface area contributed by atoms with Crippen LogP contribution in [0.4, 0.5) is 0 Å². The fourth-order valence-corrected chi connectivity index (χ4v) is 2.10. The van der Waals surface area contributed by atoms with Gasteiger partial charge in [-0.15, -0.1) is 0 Å². The highest BCUT2D eigenvalue weighted by molar-refractivity contribution is 7.80. The molecule has 0 aromatic heterocycles. The lowest BCUT2D eigenvalue weighted by atomic mass is 10.1. The molecule has 0 bridgehead atoms. The van der Waals surface area contributed by atoms with Crippen molar-refractivity contribution in [3.63, 3.8) is 0 Å². The lowest BCUT2D eigenvalue weighted by Crippen LogP contribution is -2.11. The Hall–Kier alpha value is -2.07. The summed E-state index contributed by atoms with van der Waals surface area (Å²) < 4.78 is 11.2. The minimum Gasteiger partial charge on any atom is -0.497 e. The molecule has 0 radical (unpaired) electrons. The van der Waals surface area contributed by atoms with Crippen molar-refractivity contribution in [1.82, 2.24) is 0 Å². The highest BCUT2D eigenvalue weighted by Gasteiger charge is 2.11. The first-order valence-corrected chi connectivity index (χ1v) is 6.80. The predicted octanol–water partition coefficient (Wildman–Crippen LogP) is 3.68. The number of nitrogens with two attached hydrogens (primary N) is 1. The molecule has 0 unspecified atom stereocenters. The van der Waals surface area contributed by atoms with Crippen LogP contribution in [0.25, 0.3) is 0 Å². The number of hydrogen-bond acceptors (Lipinski definition) is 3. The summed E-state index contributed by atoms with van der Waals surface area (Å²) in [4.78, 5) is 0.302. The van der Waals surface area contributed by atoms with Gasteiger partial charge < -0.3 is 15.2 Å². The van der Waals surface area contributed by atoms with Gasteiger partial charge >= 0.3 is 0 Å². The van der Waals surface area contributed by atoms with Gasteiger partial charge in [-0.1, -0.05) is 37.3 Å². The quantitative estimate of drug-likeness (QED) is 0.852. The van der Waals surface area contributed by atoms with Gasteiger partial charge in [0.25, 0.3) is 0 Å². The Morgan fingerprint density at radius 3 is 2.55 bits per heavy atom. The minimum absolute atomic E-state index is 0.302. The molecular formula is C16H17NO2S. The Balaban J connectivity index is 2.43. The number of hydrogen-bond donors (Lipinski definition) is 1. The summed E-state index contributed by atoms with van der Waals surface area (Å²) in [5.41, 5.74) is 7.57. The molecule has 20 heavy (non-hydrogen) atoms. The minimum atomic E-state index is 0.302. The zero-order chi connectivity index (χ0) is 14.5. The first-order valence-electron chi connectivity index (χ1n) is 6.39. The SMILES string of the molecule is CCc1ccccc1Oc1cc(OC)ccc1C(N)=S. The highest BCUT2D eigenvalue weighted by Crippen LogP contribution is 2.31. The predicted molar refractivity (Wildman–Crippen MR) is 84.8 cm³/mol. The molecule has 0 aliphatic carbocycles. The van der Waals surface area contributed by atoms with Gasteiger partial charge in [0.2, 0.25) is 0 Å². The Bertz CT molecular complexity index is 626. The summed E-state index contributed by atoms with van der Waals surface area (Å²) >= 11 is 5.06. The molecule has 0 aliphatic rings. The lowest BCUT2D eigenvalue weighted by Gasteiger charge is -2.14. The van der Waals surface area contributed by atoms with E-state index in [2.05, 4.69) is 6.92 Å². The van der Waals surface area contributed by atoms with Crippen molar-refractivity contribution in [3.05, 3.63) is 53.6 Å². The number of thiocarbonyl (C=S) groups is 1. The van der Waals surface area contributed by atoms with Gasteiger partial charge in [0, 0.05) is 6.07 Å². The number of methoxy groups -OCH3 is 1. The van der Waals surface area contributed by atoms with Crippen LogP contribution in [0.15, 0.2) is 42.5 Å². The summed E-state index contributed by atoms with van der Waals surface area (Å²) in [6.07, 6.45) is 0.891. The molecule has 0 saturated heterocycles.